The molecule has 1 aliphatic heterocycles. The van der Waals surface area contributed by atoms with Crippen LogP contribution in [-0.2, 0) is 13.1 Å². The lowest BCUT2D eigenvalue weighted by Gasteiger charge is -2.24. The summed E-state index contributed by atoms with van der Waals surface area (Å²) in [6, 6.07) is 14.8. The highest BCUT2D eigenvalue weighted by Crippen LogP contribution is 2.27. The molecule has 0 aromatic heterocycles. The van der Waals surface area contributed by atoms with Crippen molar-refractivity contribution >= 4 is 33.2 Å². The van der Waals surface area contributed by atoms with E-state index >= 15 is 0 Å². The van der Waals surface area contributed by atoms with Gasteiger partial charge in [0.15, 0.2) is 0 Å². The molecule has 0 radical (unpaired) electrons. The van der Waals surface area contributed by atoms with Gasteiger partial charge in [0.25, 0.3) is 0 Å². The van der Waals surface area contributed by atoms with Crippen LogP contribution in [0.1, 0.15) is 11.1 Å². The van der Waals surface area contributed by atoms with E-state index in [-0.39, 0.29) is 0 Å². The van der Waals surface area contributed by atoms with Gasteiger partial charge in [-0.3, -0.25) is 0 Å². The first-order chi connectivity index (χ1) is 9.74. The summed E-state index contributed by atoms with van der Waals surface area (Å²) in [4.78, 5) is 2.41. The first kappa shape index (κ1) is 13.9. The highest BCUT2D eigenvalue weighted by molar-refractivity contribution is 9.10. The molecule has 0 saturated heterocycles. The summed E-state index contributed by atoms with van der Waals surface area (Å²) < 4.78 is 0.945. The number of hydrogen-bond donors (Lipinski definition) is 1. The third kappa shape index (κ3) is 3.00. The number of hydrogen-bond acceptors (Lipinski definition) is 2. The Hall–Kier alpha value is -1.03. The molecule has 2 aromatic carbocycles. The molecule has 1 heterocycles. The summed E-state index contributed by atoms with van der Waals surface area (Å²) in [5.41, 5.74) is 3.90. The molecule has 0 aliphatic carbocycles. The molecule has 0 fully saturated rings. The van der Waals surface area contributed by atoms with Crippen LogP contribution >= 0.6 is 27.5 Å². The molecule has 104 valence electrons. The summed E-state index contributed by atoms with van der Waals surface area (Å²) in [5, 5.41) is 4.23. The Kier molecular flexibility index (Phi) is 4.29. The molecule has 1 aliphatic rings. The van der Waals surface area contributed by atoms with Crippen molar-refractivity contribution in [2.75, 3.05) is 18.0 Å². The molecular formula is C16H16BrClN2. The van der Waals surface area contributed by atoms with Crippen LogP contribution in [0.5, 0.6) is 0 Å². The largest absolute Gasteiger partial charge is 0.366 e. The maximum atomic E-state index is 6.19. The van der Waals surface area contributed by atoms with Gasteiger partial charge in [-0.15, -0.1) is 0 Å². The number of nitrogens with zero attached hydrogens (tertiary/aromatic N) is 1. The Bertz CT molecular complexity index is 615. The van der Waals surface area contributed by atoms with Gasteiger partial charge in [-0.1, -0.05) is 35.9 Å². The number of fused-ring (bicyclic) bond motifs is 1. The number of halogens is 2. The summed E-state index contributed by atoms with van der Waals surface area (Å²) in [7, 11) is 0. The quantitative estimate of drug-likeness (QED) is 0.872. The van der Waals surface area contributed by atoms with E-state index in [0.29, 0.717) is 0 Å². The van der Waals surface area contributed by atoms with Gasteiger partial charge in [-0.2, -0.15) is 0 Å². The first-order valence-corrected chi connectivity index (χ1v) is 7.88. The minimum atomic E-state index is 0.767. The first-order valence-electron chi connectivity index (χ1n) is 6.71. The average Bonchev–Trinajstić information content (AvgIpc) is 2.66. The number of para-hydroxylation sites is 1. The van der Waals surface area contributed by atoms with Gasteiger partial charge in [-0.05, 0) is 45.3 Å². The monoisotopic (exact) mass is 350 g/mol. The second-order valence-electron chi connectivity index (χ2n) is 4.98. The zero-order valence-electron chi connectivity index (χ0n) is 11.1. The average molecular weight is 352 g/mol. The van der Waals surface area contributed by atoms with E-state index in [1.807, 2.05) is 12.1 Å². The van der Waals surface area contributed by atoms with Crippen molar-refractivity contribution in [3.8, 4) is 0 Å². The van der Waals surface area contributed by atoms with Gasteiger partial charge in [0.05, 0.1) is 5.02 Å². The summed E-state index contributed by atoms with van der Waals surface area (Å²) >= 11 is 9.62. The van der Waals surface area contributed by atoms with Gasteiger partial charge in [0, 0.05) is 36.3 Å². The maximum Gasteiger partial charge on any atom is 0.0551 e. The topological polar surface area (TPSA) is 15.3 Å². The fourth-order valence-electron chi connectivity index (χ4n) is 2.55. The van der Waals surface area contributed by atoms with E-state index in [1.165, 1.54) is 16.8 Å². The van der Waals surface area contributed by atoms with Gasteiger partial charge in [0.1, 0.15) is 0 Å². The zero-order valence-corrected chi connectivity index (χ0v) is 13.4. The normalized spacial score (nSPS) is 14.8. The van der Waals surface area contributed by atoms with E-state index in [0.717, 1.165) is 35.7 Å². The van der Waals surface area contributed by atoms with E-state index in [4.69, 9.17) is 11.6 Å². The van der Waals surface area contributed by atoms with Crippen LogP contribution in [-0.4, -0.2) is 13.1 Å². The van der Waals surface area contributed by atoms with Crippen molar-refractivity contribution < 1.29 is 0 Å². The summed E-state index contributed by atoms with van der Waals surface area (Å²) in [5.74, 6) is 0. The SMILES string of the molecule is Clc1cc(CN2CCNCc3ccccc32)ccc1Br. The van der Waals surface area contributed by atoms with Gasteiger partial charge < -0.3 is 10.2 Å². The van der Waals surface area contributed by atoms with E-state index < -0.39 is 0 Å². The molecule has 4 heteroatoms. The number of nitrogens with one attached hydrogen (secondary N) is 1. The minimum Gasteiger partial charge on any atom is -0.366 e. The highest BCUT2D eigenvalue weighted by atomic mass is 79.9. The van der Waals surface area contributed by atoms with Crippen molar-refractivity contribution in [2.45, 2.75) is 13.1 Å². The molecule has 2 aromatic rings. The van der Waals surface area contributed by atoms with Crippen molar-refractivity contribution in [1.29, 1.82) is 0 Å². The fourth-order valence-corrected chi connectivity index (χ4v) is 3.00. The van der Waals surface area contributed by atoms with Gasteiger partial charge in [-0.25, -0.2) is 0 Å². The molecule has 0 amide bonds. The Balaban J connectivity index is 1.88. The summed E-state index contributed by atoms with van der Waals surface area (Å²) in [6.45, 7) is 3.82. The third-order valence-corrected chi connectivity index (χ3v) is 4.80. The predicted molar refractivity (Wildman–Crippen MR) is 88.4 cm³/mol. The molecule has 20 heavy (non-hydrogen) atoms. The van der Waals surface area contributed by atoms with Crippen LogP contribution in [0.15, 0.2) is 46.9 Å². The van der Waals surface area contributed by atoms with Gasteiger partial charge >= 0.3 is 0 Å². The second-order valence-corrected chi connectivity index (χ2v) is 6.24. The zero-order chi connectivity index (χ0) is 13.9. The molecule has 0 spiro atoms. The highest BCUT2D eigenvalue weighted by Gasteiger charge is 2.14. The van der Waals surface area contributed by atoms with Crippen LogP contribution in [0, 0.1) is 0 Å². The van der Waals surface area contributed by atoms with Crippen molar-refractivity contribution in [3.63, 3.8) is 0 Å². The molecule has 0 unspecified atom stereocenters. The van der Waals surface area contributed by atoms with Crippen molar-refractivity contribution in [1.82, 2.24) is 5.32 Å². The van der Waals surface area contributed by atoms with Crippen LogP contribution < -0.4 is 10.2 Å². The van der Waals surface area contributed by atoms with Crippen LogP contribution in [0.3, 0.4) is 0 Å². The van der Waals surface area contributed by atoms with Crippen molar-refractivity contribution in [3.05, 3.63) is 63.1 Å². The Morgan fingerprint density at radius 2 is 2.05 bits per heavy atom. The molecule has 0 atom stereocenters. The Morgan fingerprint density at radius 1 is 1.20 bits per heavy atom. The molecular weight excluding hydrogens is 336 g/mol. The van der Waals surface area contributed by atoms with E-state index in [2.05, 4.69) is 56.5 Å². The lowest BCUT2D eigenvalue weighted by Crippen LogP contribution is -2.28. The van der Waals surface area contributed by atoms with Crippen LogP contribution in [0.2, 0.25) is 5.02 Å². The predicted octanol–water partition coefficient (Wildman–Crippen LogP) is 4.21. The second kappa shape index (κ2) is 6.17. The number of rotatable bonds is 2. The maximum absolute atomic E-state index is 6.19. The Morgan fingerprint density at radius 3 is 2.90 bits per heavy atom. The smallest absolute Gasteiger partial charge is 0.0551 e. The van der Waals surface area contributed by atoms with E-state index in [1.54, 1.807) is 0 Å². The van der Waals surface area contributed by atoms with E-state index in [9.17, 15) is 0 Å². The molecule has 3 rings (SSSR count). The molecule has 0 saturated carbocycles. The third-order valence-electron chi connectivity index (χ3n) is 3.56. The van der Waals surface area contributed by atoms with Crippen molar-refractivity contribution in [2.24, 2.45) is 0 Å². The minimum absolute atomic E-state index is 0.767. The lowest BCUT2D eigenvalue weighted by atomic mass is 10.1. The fraction of sp³-hybridized carbons (Fsp3) is 0.250. The van der Waals surface area contributed by atoms with Gasteiger partial charge in [0.2, 0.25) is 0 Å². The molecule has 0 bridgehead atoms. The number of anilines is 1. The summed E-state index contributed by atoms with van der Waals surface area (Å²) in [6.07, 6.45) is 0. The lowest BCUT2D eigenvalue weighted by molar-refractivity contribution is 0.688. The Labute approximate surface area is 132 Å². The number of benzene rings is 2. The molecule has 1 N–H and O–H groups in total. The van der Waals surface area contributed by atoms with Crippen LogP contribution in [0.25, 0.3) is 0 Å². The standard InChI is InChI=1S/C16H16BrClN2/c17-14-6-5-12(9-15(14)18)11-20-8-7-19-10-13-3-1-2-4-16(13)20/h1-6,9,19H,7-8,10-11H2. The van der Waals surface area contributed by atoms with Crippen LogP contribution in [0.4, 0.5) is 5.69 Å². The molecule has 2 nitrogen and oxygen atoms in total.